The predicted octanol–water partition coefficient (Wildman–Crippen LogP) is 1.98. The van der Waals surface area contributed by atoms with Gasteiger partial charge in [-0.3, -0.25) is 9.69 Å². The summed E-state index contributed by atoms with van der Waals surface area (Å²) in [4.78, 5) is 26.3. The van der Waals surface area contributed by atoms with Crippen LogP contribution in [0, 0.1) is 0 Å². The zero-order valence-corrected chi connectivity index (χ0v) is 15.2. The van der Waals surface area contributed by atoms with Crippen molar-refractivity contribution in [3.05, 3.63) is 65.9 Å². The maximum atomic E-state index is 12.7. The van der Waals surface area contributed by atoms with Gasteiger partial charge in [-0.1, -0.05) is 36.9 Å². The lowest BCUT2D eigenvalue weighted by Crippen LogP contribution is -2.68. The van der Waals surface area contributed by atoms with E-state index in [1.54, 1.807) is 37.5 Å². The molecule has 0 unspecified atom stereocenters. The van der Waals surface area contributed by atoms with Crippen molar-refractivity contribution >= 4 is 23.6 Å². The molecule has 0 spiro atoms. The van der Waals surface area contributed by atoms with E-state index in [-0.39, 0.29) is 23.6 Å². The Balaban J connectivity index is 1.78. The van der Waals surface area contributed by atoms with Crippen LogP contribution in [0.1, 0.15) is 5.56 Å². The molecule has 0 radical (unpaired) electrons. The van der Waals surface area contributed by atoms with E-state index in [0.29, 0.717) is 5.75 Å². The first-order chi connectivity index (χ1) is 12.6. The van der Waals surface area contributed by atoms with Gasteiger partial charge in [-0.05, 0) is 23.3 Å². The first kappa shape index (κ1) is 18.3. The molecule has 0 aliphatic carbocycles. The minimum absolute atomic E-state index is 0.108. The summed E-state index contributed by atoms with van der Waals surface area (Å²) in [5.41, 5.74) is 7.67. The van der Waals surface area contributed by atoms with Crippen molar-refractivity contribution in [1.82, 2.24) is 4.90 Å². The van der Waals surface area contributed by atoms with E-state index in [0.717, 1.165) is 16.9 Å². The van der Waals surface area contributed by atoms with Gasteiger partial charge in [0.15, 0.2) is 0 Å². The first-order valence-corrected chi connectivity index (χ1v) is 9.14. The molecular weight excluding hydrogens is 352 g/mol. The molecule has 0 aromatic heterocycles. The maximum Gasteiger partial charge on any atom is 0.355 e. The standard InChI is InChI=1S/C19H20N2O4S/c1-3-4-5-13-11-26-18-15(20)17(22)21(18)16(13)19(23)25-10-12-6-8-14(24-2)9-7-12/h3-9,15,18H,1,10-11,20H2,2H3/b5-4+/t15-,18-/m1/s1. The Morgan fingerprint density at radius 1 is 1.42 bits per heavy atom. The second-order valence-electron chi connectivity index (χ2n) is 5.83. The Kier molecular flexibility index (Phi) is 5.49. The molecule has 136 valence electrons. The van der Waals surface area contributed by atoms with Crippen molar-refractivity contribution in [2.45, 2.75) is 18.0 Å². The van der Waals surface area contributed by atoms with Crippen molar-refractivity contribution in [1.29, 1.82) is 0 Å². The Morgan fingerprint density at radius 3 is 2.81 bits per heavy atom. The summed E-state index contributed by atoms with van der Waals surface area (Å²) >= 11 is 1.54. The predicted molar refractivity (Wildman–Crippen MR) is 100 cm³/mol. The van der Waals surface area contributed by atoms with Crippen LogP contribution in [0.4, 0.5) is 0 Å². The van der Waals surface area contributed by atoms with Crippen LogP contribution in [0.5, 0.6) is 5.75 Å². The molecule has 1 fully saturated rings. The molecular formula is C19H20N2O4S. The van der Waals surface area contributed by atoms with E-state index in [4.69, 9.17) is 15.2 Å². The van der Waals surface area contributed by atoms with Gasteiger partial charge in [0.1, 0.15) is 29.5 Å². The molecule has 3 rings (SSSR count). The zero-order chi connectivity index (χ0) is 18.7. The molecule has 0 saturated carbocycles. The quantitative estimate of drug-likeness (QED) is 0.467. The summed E-state index contributed by atoms with van der Waals surface area (Å²) in [6.07, 6.45) is 5.13. The summed E-state index contributed by atoms with van der Waals surface area (Å²) in [6.45, 7) is 3.74. The van der Waals surface area contributed by atoms with Crippen LogP contribution < -0.4 is 10.5 Å². The van der Waals surface area contributed by atoms with E-state index in [9.17, 15) is 9.59 Å². The molecule has 1 amide bonds. The van der Waals surface area contributed by atoms with Crippen LogP contribution in [0.2, 0.25) is 0 Å². The SMILES string of the molecule is C=C/C=C/C1=C(C(=O)OCc2ccc(OC)cc2)N2C(=O)[C@@H](N)[C@H]2SC1. The first-order valence-electron chi connectivity index (χ1n) is 8.09. The molecule has 2 heterocycles. The molecule has 26 heavy (non-hydrogen) atoms. The van der Waals surface area contributed by atoms with Gasteiger partial charge in [-0.25, -0.2) is 4.79 Å². The van der Waals surface area contributed by atoms with Crippen molar-refractivity contribution in [3.63, 3.8) is 0 Å². The van der Waals surface area contributed by atoms with Gasteiger partial charge >= 0.3 is 5.97 Å². The monoisotopic (exact) mass is 372 g/mol. The fourth-order valence-corrected chi connectivity index (χ4v) is 4.05. The lowest BCUT2D eigenvalue weighted by atomic mass is 10.0. The van der Waals surface area contributed by atoms with Crippen LogP contribution in [-0.2, 0) is 20.9 Å². The van der Waals surface area contributed by atoms with Crippen molar-refractivity contribution in [3.8, 4) is 5.75 Å². The molecule has 2 aliphatic heterocycles. The summed E-state index contributed by atoms with van der Waals surface area (Å²) in [6, 6.07) is 6.67. The van der Waals surface area contributed by atoms with E-state index in [1.807, 2.05) is 12.1 Å². The Labute approximate surface area is 156 Å². The number of allylic oxidation sites excluding steroid dienone is 3. The largest absolute Gasteiger partial charge is 0.497 e. The number of carbonyl (C=O) groups excluding carboxylic acids is 2. The molecule has 1 aromatic carbocycles. The summed E-state index contributed by atoms with van der Waals surface area (Å²) in [5.74, 6) is 0.518. The number of carbonyl (C=O) groups is 2. The highest BCUT2D eigenvalue weighted by atomic mass is 32.2. The fraction of sp³-hybridized carbons (Fsp3) is 0.263. The lowest BCUT2D eigenvalue weighted by molar-refractivity contribution is -0.151. The van der Waals surface area contributed by atoms with Crippen LogP contribution in [0.15, 0.2) is 60.3 Å². The average Bonchev–Trinajstić information content (AvgIpc) is 2.69. The Hall–Kier alpha value is -2.51. The molecule has 2 atom stereocenters. The lowest BCUT2D eigenvalue weighted by Gasteiger charge is -2.48. The topological polar surface area (TPSA) is 81.9 Å². The molecule has 1 aromatic rings. The molecule has 7 heteroatoms. The normalized spacial score (nSPS) is 22.1. The number of β-lactam (4-membered cyclic amide) rings is 1. The van der Waals surface area contributed by atoms with Crippen LogP contribution in [0.3, 0.4) is 0 Å². The van der Waals surface area contributed by atoms with E-state index < -0.39 is 12.0 Å². The van der Waals surface area contributed by atoms with Crippen LogP contribution in [-0.4, -0.2) is 41.1 Å². The molecule has 0 bridgehead atoms. The van der Waals surface area contributed by atoms with Gasteiger partial charge in [0.25, 0.3) is 0 Å². The number of rotatable bonds is 6. The van der Waals surface area contributed by atoms with E-state index in [1.165, 1.54) is 16.7 Å². The summed E-state index contributed by atoms with van der Waals surface area (Å²) in [7, 11) is 1.59. The summed E-state index contributed by atoms with van der Waals surface area (Å²) < 4.78 is 10.6. The van der Waals surface area contributed by atoms with Gasteiger partial charge in [0.2, 0.25) is 5.91 Å². The number of ether oxygens (including phenoxy) is 2. The maximum absolute atomic E-state index is 12.7. The van der Waals surface area contributed by atoms with Crippen LogP contribution in [0.25, 0.3) is 0 Å². The van der Waals surface area contributed by atoms with Crippen molar-refractivity contribution in [2.75, 3.05) is 12.9 Å². The third-order valence-corrected chi connectivity index (χ3v) is 5.52. The Bertz CT molecular complexity index is 785. The zero-order valence-electron chi connectivity index (χ0n) is 14.4. The number of methoxy groups -OCH3 is 1. The number of nitrogens with zero attached hydrogens (tertiary/aromatic N) is 1. The molecule has 1 saturated heterocycles. The van der Waals surface area contributed by atoms with Crippen molar-refractivity contribution in [2.24, 2.45) is 5.73 Å². The second kappa shape index (κ2) is 7.80. The van der Waals surface area contributed by atoms with Gasteiger partial charge in [-0.15, -0.1) is 11.8 Å². The van der Waals surface area contributed by atoms with Crippen molar-refractivity contribution < 1.29 is 19.1 Å². The van der Waals surface area contributed by atoms with Gasteiger partial charge in [0.05, 0.1) is 7.11 Å². The highest BCUT2D eigenvalue weighted by Crippen LogP contribution is 2.40. The minimum Gasteiger partial charge on any atom is -0.497 e. The fourth-order valence-electron chi connectivity index (χ4n) is 2.78. The van der Waals surface area contributed by atoms with Gasteiger partial charge < -0.3 is 15.2 Å². The summed E-state index contributed by atoms with van der Waals surface area (Å²) in [5, 5.41) is -0.216. The molecule has 2 aliphatic rings. The number of thioether (sulfide) groups is 1. The highest BCUT2D eigenvalue weighted by molar-refractivity contribution is 8.00. The highest BCUT2D eigenvalue weighted by Gasteiger charge is 2.51. The molecule has 6 nitrogen and oxygen atoms in total. The smallest absolute Gasteiger partial charge is 0.355 e. The number of benzene rings is 1. The number of hydrogen-bond donors (Lipinski definition) is 1. The molecule has 2 N–H and O–H groups in total. The number of esters is 1. The number of hydrogen-bond acceptors (Lipinski definition) is 6. The van der Waals surface area contributed by atoms with Crippen LogP contribution >= 0.6 is 11.8 Å². The van der Waals surface area contributed by atoms with Gasteiger partial charge in [0, 0.05) is 5.75 Å². The third kappa shape index (κ3) is 3.40. The number of amides is 1. The van der Waals surface area contributed by atoms with E-state index >= 15 is 0 Å². The third-order valence-electron chi connectivity index (χ3n) is 4.19. The van der Waals surface area contributed by atoms with E-state index in [2.05, 4.69) is 6.58 Å². The second-order valence-corrected chi connectivity index (χ2v) is 6.93. The van der Waals surface area contributed by atoms with Gasteiger partial charge in [-0.2, -0.15) is 0 Å². The minimum atomic E-state index is -0.575. The average molecular weight is 372 g/mol. The Morgan fingerprint density at radius 2 is 2.15 bits per heavy atom. The number of fused-ring (bicyclic) bond motifs is 1. The number of nitrogens with two attached hydrogens (primary N) is 1.